The van der Waals surface area contributed by atoms with Crippen LogP contribution in [0.25, 0.3) is 11.1 Å². The number of hydrogen-bond acceptors (Lipinski definition) is 1. The molecule has 0 saturated carbocycles. The number of unbranched alkanes of at least 4 members (excludes halogenated alkanes) is 1. The zero-order valence-electron chi connectivity index (χ0n) is 10.9. The molecule has 0 aliphatic rings. The van der Waals surface area contributed by atoms with Crippen molar-refractivity contribution in [3.63, 3.8) is 0 Å². The monoisotopic (exact) mass is 227 g/mol. The van der Waals surface area contributed by atoms with Crippen molar-refractivity contribution >= 4 is 0 Å². The molecule has 88 valence electrons. The molecular weight excluding hydrogens is 208 g/mol. The molecule has 0 amide bonds. The fourth-order valence-corrected chi connectivity index (χ4v) is 1.69. The minimum atomic E-state index is 0.480. The molecule has 2 aromatic rings. The first-order chi connectivity index (χ1) is 8.90. The minimum absolute atomic E-state index is 0.480. The molecule has 0 bridgehead atoms. The molecule has 1 nitrogen and oxygen atoms in total. The van der Waals surface area contributed by atoms with Gasteiger partial charge in [-0.25, -0.2) is 0 Å². The standard InChI is InChI=1S/C16H18O/c1-2-3-12-17-16-11-7-10-15(13-16)14-8-5-4-6-9-14/h4-11,13H,2-3,12H2,1H3/i1D. The van der Waals surface area contributed by atoms with Crippen LogP contribution < -0.4 is 4.74 Å². The van der Waals surface area contributed by atoms with E-state index in [9.17, 15) is 0 Å². The molecule has 0 spiro atoms. The molecule has 17 heavy (non-hydrogen) atoms. The maximum Gasteiger partial charge on any atom is 0.119 e. The van der Waals surface area contributed by atoms with E-state index in [4.69, 9.17) is 6.11 Å². The molecule has 0 unspecified atom stereocenters. The summed E-state index contributed by atoms with van der Waals surface area (Å²) in [5, 5.41) is 0. The predicted octanol–water partition coefficient (Wildman–Crippen LogP) is 4.53. The van der Waals surface area contributed by atoms with Crippen LogP contribution in [0.5, 0.6) is 5.75 Å². The Bertz CT molecular complexity index is 468. The first kappa shape index (κ1) is 10.4. The van der Waals surface area contributed by atoms with E-state index in [1.165, 1.54) is 11.1 Å². The van der Waals surface area contributed by atoms with Crippen molar-refractivity contribution in [1.29, 1.82) is 0 Å². The molecule has 0 saturated heterocycles. The smallest absolute Gasteiger partial charge is 0.119 e. The summed E-state index contributed by atoms with van der Waals surface area (Å²) < 4.78 is 12.8. The van der Waals surface area contributed by atoms with E-state index in [2.05, 4.69) is 24.3 Å². The van der Waals surface area contributed by atoms with E-state index in [-0.39, 0.29) is 0 Å². The Morgan fingerprint density at radius 2 is 1.82 bits per heavy atom. The van der Waals surface area contributed by atoms with Gasteiger partial charge in [0.15, 0.2) is 0 Å². The van der Waals surface area contributed by atoms with Gasteiger partial charge < -0.3 is 4.74 Å². The number of benzene rings is 2. The summed E-state index contributed by atoms with van der Waals surface area (Å²) in [5.74, 6) is 0.904. The summed E-state index contributed by atoms with van der Waals surface area (Å²) in [6, 6.07) is 18.4. The Kier molecular flexibility index (Phi) is 3.73. The van der Waals surface area contributed by atoms with Gasteiger partial charge in [-0.3, -0.25) is 0 Å². The molecular formula is C16H18O. The van der Waals surface area contributed by atoms with Crippen LogP contribution in [0.1, 0.15) is 21.1 Å². The summed E-state index contributed by atoms with van der Waals surface area (Å²) in [5.41, 5.74) is 2.38. The summed E-state index contributed by atoms with van der Waals surface area (Å²) >= 11 is 0. The largest absolute Gasteiger partial charge is 0.494 e. The van der Waals surface area contributed by atoms with Crippen molar-refractivity contribution in [3.8, 4) is 16.9 Å². The van der Waals surface area contributed by atoms with Crippen LogP contribution in [0, 0.1) is 0 Å². The second-order valence-corrected chi connectivity index (χ2v) is 3.95. The third-order valence-electron chi connectivity index (χ3n) is 2.60. The van der Waals surface area contributed by atoms with Gasteiger partial charge in [0, 0.05) is 1.37 Å². The Labute approximate surface area is 104 Å². The molecule has 2 aromatic carbocycles. The van der Waals surface area contributed by atoms with Crippen molar-refractivity contribution in [1.82, 2.24) is 0 Å². The van der Waals surface area contributed by atoms with Crippen LogP contribution in [-0.4, -0.2) is 6.61 Å². The molecule has 0 aromatic heterocycles. The molecule has 0 aliphatic heterocycles. The summed E-state index contributed by atoms with van der Waals surface area (Å²) in [4.78, 5) is 0. The molecule has 0 radical (unpaired) electrons. The lowest BCUT2D eigenvalue weighted by molar-refractivity contribution is 0.309. The molecule has 0 fully saturated rings. The van der Waals surface area contributed by atoms with Crippen LogP contribution in [-0.2, 0) is 0 Å². The molecule has 0 N–H and O–H groups in total. The van der Waals surface area contributed by atoms with Gasteiger partial charge in [-0.05, 0) is 29.7 Å². The lowest BCUT2D eigenvalue weighted by atomic mass is 10.1. The van der Waals surface area contributed by atoms with E-state index in [0.717, 1.165) is 18.6 Å². The average Bonchev–Trinajstić information content (AvgIpc) is 2.45. The third-order valence-corrected chi connectivity index (χ3v) is 2.60. The normalized spacial score (nSPS) is 10.9. The molecule has 0 heterocycles. The molecule has 0 aliphatic carbocycles. The zero-order valence-corrected chi connectivity index (χ0v) is 9.93. The fourth-order valence-electron chi connectivity index (χ4n) is 1.69. The highest BCUT2D eigenvalue weighted by Gasteiger charge is 1.99. The van der Waals surface area contributed by atoms with Crippen molar-refractivity contribution < 1.29 is 6.11 Å². The van der Waals surface area contributed by atoms with Crippen LogP contribution in [0.2, 0.25) is 0 Å². The first-order valence-corrected chi connectivity index (χ1v) is 5.97. The fraction of sp³-hybridized carbons (Fsp3) is 0.250. The zero-order chi connectivity index (χ0) is 12.6. The Hall–Kier alpha value is -1.76. The highest BCUT2D eigenvalue weighted by atomic mass is 16.5. The summed E-state index contributed by atoms with van der Waals surface area (Å²) in [7, 11) is 0. The highest BCUT2D eigenvalue weighted by molar-refractivity contribution is 5.64. The van der Waals surface area contributed by atoms with Gasteiger partial charge in [-0.2, -0.15) is 0 Å². The van der Waals surface area contributed by atoms with E-state index in [1.807, 2.05) is 30.3 Å². The predicted molar refractivity (Wildman–Crippen MR) is 72.3 cm³/mol. The SMILES string of the molecule is [2H]CCCCOc1cccc(-c2ccccc2)c1. The van der Waals surface area contributed by atoms with Crippen molar-refractivity contribution in [2.75, 3.05) is 6.61 Å². The van der Waals surface area contributed by atoms with Crippen molar-refractivity contribution in [2.24, 2.45) is 0 Å². The second kappa shape index (κ2) is 6.09. The van der Waals surface area contributed by atoms with E-state index >= 15 is 0 Å². The lowest BCUT2D eigenvalue weighted by Crippen LogP contribution is -1.96. The second-order valence-electron chi connectivity index (χ2n) is 3.95. The van der Waals surface area contributed by atoms with Crippen LogP contribution in [0.4, 0.5) is 0 Å². The molecule has 1 heteroatoms. The van der Waals surface area contributed by atoms with E-state index < -0.39 is 0 Å². The van der Waals surface area contributed by atoms with Gasteiger partial charge in [-0.1, -0.05) is 55.8 Å². The number of ether oxygens (including phenoxy) is 1. The average molecular weight is 227 g/mol. The van der Waals surface area contributed by atoms with Crippen LogP contribution in [0.3, 0.4) is 0 Å². The molecule has 0 atom stereocenters. The van der Waals surface area contributed by atoms with Gasteiger partial charge in [0.25, 0.3) is 0 Å². The number of hydrogen-bond donors (Lipinski definition) is 0. The lowest BCUT2D eigenvalue weighted by Gasteiger charge is -2.07. The summed E-state index contributed by atoms with van der Waals surface area (Å²) in [6.07, 6.45) is 1.84. The third kappa shape index (κ3) is 3.35. The first-order valence-electron chi connectivity index (χ1n) is 6.68. The maximum atomic E-state index is 7.08. The van der Waals surface area contributed by atoms with Crippen LogP contribution in [0.15, 0.2) is 54.6 Å². The van der Waals surface area contributed by atoms with Gasteiger partial charge in [0.05, 0.1) is 6.61 Å². The summed E-state index contributed by atoms with van der Waals surface area (Å²) in [6.45, 7) is 1.17. The quantitative estimate of drug-likeness (QED) is 0.682. The van der Waals surface area contributed by atoms with Gasteiger partial charge >= 0.3 is 0 Å². The Morgan fingerprint density at radius 1 is 1.00 bits per heavy atom. The Balaban J connectivity index is 2.02. The maximum absolute atomic E-state index is 7.08. The van der Waals surface area contributed by atoms with E-state index in [1.54, 1.807) is 0 Å². The van der Waals surface area contributed by atoms with Crippen molar-refractivity contribution in [3.05, 3.63) is 54.6 Å². The van der Waals surface area contributed by atoms with Crippen molar-refractivity contribution in [2.45, 2.75) is 19.7 Å². The van der Waals surface area contributed by atoms with Gasteiger partial charge in [0.1, 0.15) is 5.75 Å². The minimum Gasteiger partial charge on any atom is -0.494 e. The van der Waals surface area contributed by atoms with Crippen LogP contribution >= 0.6 is 0 Å². The van der Waals surface area contributed by atoms with Gasteiger partial charge in [-0.15, -0.1) is 0 Å². The van der Waals surface area contributed by atoms with E-state index in [0.29, 0.717) is 13.5 Å². The highest BCUT2D eigenvalue weighted by Crippen LogP contribution is 2.23. The topological polar surface area (TPSA) is 9.23 Å². The molecule has 2 rings (SSSR count). The Morgan fingerprint density at radius 3 is 2.65 bits per heavy atom. The number of rotatable bonds is 5. The van der Waals surface area contributed by atoms with Gasteiger partial charge in [0.2, 0.25) is 0 Å².